The van der Waals surface area contributed by atoms with Crippen molar-refractivity contribution in [3.8, 4) is 0 Å². The molecule has 110 valence electrons. The minimum atomic E-state index is -0.309. The van der Waals surface area contributed by atoms with Crippen molar-refractivity contribution in [2.75, 3.05) is 20.7 Å². The van der Waals surface area contributed by atoms with Gasteiger partial charge in [-0.25, -0.2) is 0 Å². The van der Waals surface area contributed by atoms with Crippen LogP contribution in [0.1, 0.15) is 37.7 Å². The zero-order valence-electron chi connectivity index (χ0n) is 12.4. The number of halogens is 1. The second-order valence-corrected chi connectivity index (χ2v) is 6.18. The fourth-order valence-corrected chi connectivity index (χ4v) is 3.39. The SMILES string of the molecule is COC(=O)[C@H](c1cccc(Cl)c1)[C@@]1(C)CCCCN1C. The van der Waals surface area contributed by atoms with E-state index in [1.807, 2.05) is 24.3 Å². The van der Waals surface area contributed by atoms with E-state index in [4.69, 9.17) is 16.3 Å². The van der Waals surface area contributed by atoms with Gasteiger partial charge in [-0.3, -0.25) is 9.69 Å². The van der Waals surface area contributed by atoms with E-state index in [1.165, 1.54) is 13.5 Å². The van der Waals surface area contributed by atoms with Gasteiger partial charge in [0.1, 0.15) is 0 Å². The van der Waals surface area contributed by atoms with Gasteiger partial charge in [0.2, 0.25) is 0 Å². The molecule has 0 saturated carbocycles. The lowest BCUT2D eigenvalue weighted by Gasteiger charge is -2.47. The zero-order chi connectivity index (χ0) is 14.8. The highest BCUT2D eigenvalue weighted by Gasteiger charge is 2.44. The Morgan fingerprint density at radius 2 is 2.20 bits per heavy atom. The van der Waals surface area contributed by atoms with Crippen LogP contribution >= 0.6 is 11.6 Å². The van der Waals surface area contributed by atoms with Gasteiger partial charge in [0, 0.05) is 10.6 Å². The summed E-state index contributed by atoms with van der Waals surface area (Å²) in [5.41, 5.74) is 0.705. The summed E-state index contributed by atoms with van der Waals surface area (Å²) in [5.74, 6) is -0.500. The van der Waals surface area contributed by atoms with E-state index < -0.39 is 0 Å². The summed E-state index contributed by atoms with van der Waals surface area (Å²) in [5, 5.41) is 0.651. The van der Waals surface area contributed by atoms with E-state index in [0.29, 0.717) is 5.02 Å². The first-order valence-corrected chi connectivity index (χ1v) is 7.41. The number of likely N-dealkylation sites (tertiary alicyclic amines) is 1. The number of carbonyl (C=O) groups is 1. The molecule has 2 atom stereocenters. The molecule has 2 rings (SSSR count). The number of methoxy groups -OCH3 is 1. The molecule has 1 fully saturated rings. The fraction of sp³-hybridized carbons (Fsp3) is 0.562. The third-order valence-electron chi connectivity index (χ3n) is 4.54. The lowest BCUT2D eigenvalue weighted by Crippen LogP contribution is -2.53. The molecule has 1 aliphatic heterocycles. The maximum absolute atomic E-state index is 12.4. The predicted molar refractivity (Wildman–Crippen MR) is 81.1 cm³/mol. The molecule has 0 aromatic heterocycles. The molecule has 0 spiro atoms. The topological polar surface area (TPSA) is 29.5 Å². The Labute approximate surface area is 125 Å². The Bertz CT molecular complexity index is 491. The third kappa shape index (κ3) is 2.84. The molecule has 20 heavy (non-hydrogen) atoms. The number of nitrogens with zero attached hydrogens (tertiary/aromatic N) is 1. The first-order chi connectivity index (χ1) is 9.49. The van der Waals surface area contributed by atoms with Crippen LogP contribution in [0.2, 0.25) is 5.02 Å². The highest BCUT2D eigenvalue weighted by atomic mass is 35.5. The normalized spacial score (nSPS) is 25.2. The van der Waals surface area contributed by atoms with Gasteiger partial charge in [-0.15, -0.1) is 0 Å². The number of ether oxygens (including phenoxy) is 1. The number of piperidine rings is 1. The van der Waals surface area contributed by atoms with Gasteiger partial charge >= 0.3 is 5.97 Å². The van der Waals surface area contributed by atoms with E-state index in [0.717, 1.165) is 24.9 Å². The van der Waals surface area contributed by atoms with Crippen molar-refractivity contribution in [3.05, 3.63) is 34.9 Å². The van der Waals surface area contributed by atoms with Crippen LogP contribution in [0.5, 0.6) is 0 Å². The Morgan fingerprint density at radius 3 is 2.80 bits per heavy atom. The molecule has 4 heteroatoms. The van der Waals surface area contributed by atoms with Crippen LogP contribution in [0.3, 0.4) is 0 Å². The Balaban J connectivity index is 2.44. The first-order valence-electron chi connectivity index (χ1n) is 7.03. The molecular weight excluding hydrogens is 274 g/mol. The molecule has 0 radical (unpaired) electrons. The molecule has 1 aromatic carbocycles. The monoisotopic (exact) mass is 295 g/mol. The van der Waals surface area contributed by atoms with Crippen LogP contribution in [0.15, 0.2) is 24.3 Å². The van der Waals surface area contributed by atoms with Crippen LogP contribution in [0.4, 0.5) is 0 Å². The average molecular weight is 296 g/mol. The molecule has 0 bridgehead atoms. The van der Waals surface area contributed by atoms with Gasteiger partial charge < -0.3 is 4.74 Å². The van der Waals surface area contributed by atoms with Crippen LogP contribution < -0.4 is 0 Å². The lowest BCUT2D eigenvalue weighted by atomic mass is 9.74. The summed E-state index contributed by atoms with van der Waals surface area (Å²) in [6.07, 6.45) is 3.29. The molecule has 0 unspecified atom stereocenters. The Morgan fingerprint density at radius 1 is 1.45 bits per heavy atom. The van der Waals surface area contributed by atoms with Gasteiger partial charge in [-0.05, 0) is 51.1 Å². The van der Waals surface area contributed by atoms with Crippen molar-refractivity contribution in [3.63, 3.8) is 0 Å². The molecule has 1 heterocycles. The number of hydrogen-bond donors (Lipinski definition) is 0. The lowest BCUT2D eigenvalue weighted by molar-refractivity contribution is -0.147. The number of esters is 1. The molecule has 1 aliphatic rings. The molecular formula is C16H22ClNO2. The van der Waals surface area contributed by atoms with Crippen molar-refractivity contribution in [1.82, 2.24) is 4.90 Å². The second-order valence-electron chi connectivity index (χ2n) is 5.75. The van der Waals surface area contributed by atoms with Gasteiger partial charge in [-0.2, -0.15) is 0 Å². The standard InChI is InChI=1S/C16H22ClNO2/c1-16(9-4-5-10-18(16)2)14(15(19)20-3)12-7-6-8-13(17)11-12/h6-8,11,14H,4-5,9-10H2,1-3H3/t14-,16+/m0/s1. The Hall–Kier alpha value is -1.06. The summed E-state index contributed by atoms with van der Waals surface area (Å²) in [4.78, 5) is 14.7. The van der Waals surface area contributed by atoms with Crippen LogP contribution in [-0.2, 0) is 9.53 Å². The van der Waals surface area contributed by atoms with E-state index in [2.05, 4.69) is 18.9 Å². The number of carbonyl (C=O) groups excluding carboxylic acids is 1. The minimum Gasteiger partial charge on any atom is -0.468 e. The zero-order valence-corrected chi connectivity index (χ0v) is 13.1. The molecule has 3 nitrogen and oxygen atoms in total. The summed E-state index contributed by atoms with van der Waals surface area (Å²) in [6.45, 7) is 3.15. The number of likely N-dealkylation sites (N-methyl/N-ethyl adjacent to an activating group) is 1. The maximum Gasteiger partial charge on any atom is 0.315 e. The molecule has 0 amide bonds. The van der Waals surface area contributed by atoms with Crippen molar-refractivity contribution >= 4 is 17.6 Å². The third-order valence-corrected chi connectivity index (χ3v) is 4.77. The van der Waals surface area contributed by atoms with E-state index in [9.17, 15) is 4.79 Å². The average Bonchev–Trinajstić information content (AvgIpc) is 2.42. The van der Waals surface area contributed by atoms with Gasteiger partial charge in [0.15, 0.2) is 0 Å². The number of rotatable bonds is 3. The van der Waals surface area contributed by atoms with Crippen LogP contribution in [0, 0.1) is 0 Å². The smallest absolute Gasteiger partial charge is 0.315 e. The van der Waals surface area contributed by atoms with Gasteiger partial charge in [0.05, 0.1) is 13.0 Å². The van der Waals surface area contributed by atoms with Gasteiger partial charge in [0.25, 0.3) is 0 Å². The highest BCUT2D eigenvalue weighted by molar-refractivity contribution is 6.30. The maximum atomic E-state index is 12.4. The second kappa shape index (κ2) is 6.15. The number of benzene rings is 1. The molecule has 0 N–H and O–H groups in total. The van der Waals surface area contributed by atoms with Crippen molar-refractivity contribution in [1.29, 1.82) is 0 Å². The van der Waals surface area contributed by atoms with E-state index in [-0.39, 0.29) is 17.4 Å². The molecule has 0 aliphatic carbocycles. The summed E-state index contributed by atoms with van der Waals surface area (Å²) in [6, 6.07) is 7.55. The number of hydrogen-bond acceptors (Lipinski definition) is 3. The van der Waals surface area contributed by atoms with Gasteiger partial charge in [-0.1, -0.05) is 30.2 Å². The van der Waals surface area contributed by atoms with Crippen LogP contribution in [0.25, 0.3) is 0 Å². The summed E-state index contributed by atoms with van der Waals surface area (Å²) < 4.78 is 5.06. The minimum absolute atomic E-state index is 0.191. The molecule has 1 saturated heterocycles. The largest absolute Gasteiger partial charge is 0.468 e. The molecule has 1 aromatic rings. The highest BCUT2D eigenvalue weighted by Crippen LogP contribution is 2.40. The first kappa shape index (κ1) is 15.3. The van der Waals surface area contributed by atoms with E-state index >= 15 is 0 Å². The predicted octanol–water partition coefficient (Wildman–Crippen LogP) is 3.47. The van der Waals surface area contributed by atoms with Crippen LogP contribution in [-0.4, -0.2) is 37.1 Å². The van der Waals surface area contributed by atoms with E-state index in [1.54, 1.807) is 0 Å². The van der Waals surface area contributed by atoms with Crippen molar-refractivity contribution < 1.29 is 9.53 Å². The Kier molecular flexibility index (Phi) is 4.71. The fourth-order valence-electron chi connectivity index (χ4n) is 3.20. The summed E-state index contributed by atoms with van der Waals surface area (Å²) >= 11 is 6.09. The summed E-state index contributed by atoms with van der Waals surface area (Å²) in [7, 11) is 3.53. The van der Waals surface area contributed by atoms with Crippen molar-refractivity contribution in [2.45, 2.75) is 37.6 Å². The quantitative estimate of drug-likeness (QED) is 0.800. The van der Waals surface area contributed by atoms with Crippen molar-refractivity contribution in [2.24, 2.45) is 0 Å².